The van der Waals surface area contributed by atoms with Crippen molar-refractivity contribution in [3.8, 4) is 39.7 Å². The first-order valence-electron chi connectivity index (χ1n) is 11.5. The van der Waals surface area contributed by atoms with Gasteiger partial charge < -0.3 is 4.52 Å². The molecule has 0 saturated heterocycles. The van der Waals surface area contributed by atoms with E-state index in [0.717, 1.165) is 58.6 Å². The molecule has 0 aliphatic rings. The van der Waals surface area contributed by atoms with Crippen LogP contribution in [0.25, 0.3) is 50.8 Å². The number of benzene rings is 2. The molecule has 2 aromatic carbocycles. The number of pyridine rings is 1. The summed E-state index contributed by atoms with van der Waals surface area (Å²) in [5.41, 5.74) is 6.03. The lowest BCUT2D eigenvalue weighted by molar-refractivity contribution is 0.435. The number of unbranched alkanes of at least 4 members (excludes halogenated alkanes) is 1. The van der Waals surface area contributed by atoms with Crippen LogP contribution in [-0.2, 0) is 6.42 Å². The summed E-state index contributed by atoms with van der Waals surface area (Å²) < 4.78 is 7.91. The molecule has 0 fully saturated rings. The average molecular weight is 463 g/mol. The summed E-state index contributed by atoms with van der Waals surface area (Å²) >= 11 is 0. The normalized spacial score (nSPS) is 11.3. The van der Waals surface area contributed by atoms with E-state index in [1.807, 2.05) is 54.6 Å². The Morgan fingerprint density at radius 2 is 1.89 bits per heavy atom. The summed E-state index contributed by atoms with van der Waals surface area (Å²) in [6.45, 7) is 2.18. The third kappa shape index (κ3) is 3.86. The molecule has 0 saturated carbocycles. The van der Waals surface area contributed by atoms with E-state index in [-0.39, 0.29) is 0 Å². The van der Waals surface area contributed by atoms with E-state index in [9.17, 15) is 0 Å². The Labute approximate surface area is 200 Å². The van der Waals surface area contributed by atoms with Crippen LogP contribution in [0.15, 0.2) is 77.4 Å². The summed E-state index contributed by atoms with van der Waals surface area (Å²) in [5.74, 6) is 2.17. The highest BCUT2D eigenvalue weighted by molar-refractivity contribution is 5.80. The molecular weight excluding hydrogens is 440 g/mol. The number of tetrazole rings is 1. The van der Waals surface area contributed by atoms with E-state index in [2.05, 4.69) is 54.4 Å². The number of fused-ring (bicyclic) bond motifs is 1. The maximum absolute atomic E-state index is 5.78. The number of aromatic nitrogens is 8. The number of hydrogen-bond acceptors (Lipinski definition) is 7. The van der Waals surface area contributed by atoms with Gasteiger partial charge in [-0.2, -0.15) is 5.21 Å². The zero-order valence-corrected chi connectivity index (χ0v) is 19.1. The highest BCUT2D eigenvalue weighted by Gasteiger charge is 2.17. The van der Waals surface area contributed by atoms with Crippen LogP contribution in [0.1, 0.15) is 25.6 Å². The van der Waals surface area contributed by atoms with E-state index in [1.165, 1.54) is 0 Å². The number of rotatable bonds is 7. The van der Waals surface area contributed by atoms with Crippen LogP contribution in [0, 0.1) is 0 Å². The monoisotopic (exact) mass is 462 g/mol. The predicted octanol–water partition coefficient (Wildman–Crippen LogP) is 5.27. The SMILES string of the molecule is CCCCc1nc2cccnc2n1-c1cccc(-c2cc(-c3ccccc3-c3nn[nH]n3)no2)c1. The van der Waals surface area contributed by atoms with Gasteiger partial charge >= 0.3 is 0 Å². The molecule has 0 aliphatic heterocycles. The number of aromatic amines is 1. The minimum absolute atomic E-state index is 0.506. The Kier molecular flexibility index (Phi) is 5.34. The quantitative estimate of drug-likeness (QED) is 0.344. The standard InChI is InChI=1S/C26H22N8O/c1-2-3-13-24-28-21-12-7-14-27-26(21)34(24)18-9-6-8-17(15-18)23-16-22(31-35-23)19-10-4-5-11-20(19)25-29-32-33-30-25/h4-12,14-16H,2-3,13H2,1H3,(H,29,30,32,33). The zero-order chi connectivity index (χ0) is 23.6. The van der Waals surface area contributed by atoms with Gasteiger partial charge in [-0.25, -0.2) is 9.97 Å². The second kappa shape index (κ2) is 8.94. The van der Waals surface area contributed by atoms with Gasteiger partial charge in [-0.1, -0.05) is 54.9 Å². The van der Waals surface area contributed by atoms with E-state index >= 15 is 0 Å². The molecule has 0 radical (unpaired) electrons. The van der Waals surface area contributed by atoms with Crippen molar-refractivity contribution in [2.75, 3.05) is 0 Å². The molecule has 6 aromatic rings. The first kappa shape index (κ1) is 20.9. The second-order valence-corrected chi connectivity index (χ2v) is 8.22. The van der Waals surface area contributed by atoms with Crippen molar-refractivity contribution >= 4 is 11.2 Å². The van der Waals surface area contributed by atoms with Gasteiger partial charge in [0.05, 0.1) is 0 Å². The zero-order valence-electron chi connectivity index (χ0n) is 19.1. The van der Waals surface area contributed by atoms with Crippen molar-refractivity contribution in [2.45, 2.75) is 26.2 Å². The minimum Gasteiger partial charge on any atom is -0.356 e. The van der Waals surface area contributed by atoms with Crippen LogP contribution in [0.5, 0.6) is 0 Å². The summed E-state index contributed by atoms with van der Waals surface area (Å²) in [6, 6.07) is 21.8. The Hall–Kier alpha value is -4.66. The Morgan fingerprint density at radius 3 is 2.74 bits per heavy atom. The Morgan fingerprint density at radius 1 is 0.971 bits per heavy atom. The van der Waals surface area contributed by atoms with Crippen molar-refractivity contribution in [1.29, 1.82) is 0 Å². The number of hydrogen-bond donors (Lipinski definition) is 1. The molecule has 0 atom stereocenters. The van der Waals surface area contributed by atoms with E-state index in [0.29, 0.717) is 17.3 Å². The average Bonchev–Trinajstić information content (AvgIpc) is 3.67. The van der Waals surface area contributed by atoms with Crippen LogP contribution in [-0.4, -0.2) is 40.3 Å². The molecule has 6 rings (SSSR count). The third-order valence-corrected chi connectivity index (χ3v) is 5.93. The van der Waals surface area contributed by atoms with Gasteiger partial charge in [0.2, 0.25) is 5.82 Å². The summed E-state index contributed by atoms with van der Waals surface area (Å²) in [7, 11) is 0. The number of nitrogens with zero attached hydrogens (tertiary/aromatic N) is 7. The van der Waals surface area contributed by atoms with E-state index in [1.54, 1.807) is 6.20 Å². The van der Waals surface area contributed by atoms with Crippen molar-refractivity contribution in [2.24, 2.45) is 0 Å². The van der Waals surface area contributed by atoms with Gasteiger partial charge in [0, 0.05) is 41.1 Å². The van der Waals surface area contributed by atoms with Gasteiger partial charge in [0.25, 0.3) is 0 Å². The molecule has 1 N–H and O–H groups in total. The van der Waals surface area contributed by atoms with Crippen molar-refractivity contribution in [3.63, 3.8) is 0 Å². The van der Waals surface area contributed by atoms with Gasteiger partial charge in [0.1, 0.15) is 17.0 Å². The number of imidazole rings is 1. The van der Waals surface area contributed by atoms with Crippen molar-refractivity contribution < 1.29 is 4.52 Å². The molecule has 172 valence electrons. The molecule has 4 heterocycles. The lowest BCUT2D eigenvalue weighted by Gasteiger charge is -2.09. The molecule has 35 heavy (non-hydrogen) atoms. The fraction of sp³-hybridized carbons (Fsp3) is 0.154. The molecule has 0 spiro atoms. The molecular formula is C26H22N8O. The van der Waals surface area contributed by atoms with Crippen LogP contribution >= 0.6 is 0 Å². The number of aryl methyl sites for hydroxylation is 1. The molecule has 0 amide bonds. The van der Waals surface area contributed by atoms with E-state index < -0.39 is 0 Å². The first-order chi connectivity index (χ1) is 17.3. The lowest BCUT2D eigenvalue weighted by Crippen LogP contribution is -2.02. The largest absolute Gasteiger partial charge is 0.356 e. The number of H-pyrrole nitrogens is 1. The fourth-order valence-corrected chi connectivity index (χ4v) is 4.25. The van der Waals surface area contributed by atoms with Gasteiger partial charge in [-0.05, 0) is 35.9 Å². The fourth-order valence-electron chi connectivity index (χ4n) is 4.25. The second-order valence-electron chi connectivity index (χ2n) is 8.22. The smallest absolute Gasteiger partial charge is 0.205 e. The molecule has 9 nitrogen and oxygen atoms in total. The Bertz CT molecular complexity index is 1600. The highest BCUT2D eigenvalue weighted by Crippen LogP contribution is 2.33. The third-order valence-electron chi connectivity index (χ3n) is 5.93. The van der Waals surface area contributed by atoms with Crippen LogP contribution in [0.2, 0.25) is 0 Å². The van der Waals surface area contributed by atoms with Gasteiger partial charge in [0.15, 0.2) is 11.4 Å². The van der Waals surface area contributed by atoms with Crippen LogP contribution in [0.4, 0.5) is 0 Å². The van der Waals surface area contributed by atoms with Gasteiger partial charge in [-0.3, -0.25) is 4.57 Å². The highest BCUT2D eigenvalue weighted by atomic mass is 16.5. The van der Waals surface area contributed by atoms with E-state index in [4.69, 9.17) is 9.51 Å². The molecule has 4 aromatic heterocycles. The van der Waals surface area contributed by atoms with Gasteiger partial charge in [-0.15, -0.1) is 10.2 Å². The summed E-state index contributed by atoms with van der Waals surface area (Å²) in [4.78, 5) is 9.46. The topological polar surface area (TPSA) is 111 Å². The lowest BCUT2D eigenvalue weighted by atomic mass is 10.0. The van der Waals surface area contributed by atoms with Crippen LogP contribution in [0.3, 0.4) is 0 Å². The predicted molar refractivity (Wildman–Crippen MR) is 132 cm³/mol. The summed E-state index contributed by atoms with van der Waals surface area (Å²) in [5, 5.41) is 18.7. The van der Waals surface area contributed by atoms with Crippen molar-refractivity contribution in [3.05, 3.63) is 78.8 Å². The number of nitrogens with one attached hydrogen (secondary N) is 1. The maximum atomic E-state index is 5.78. The first-order valence-corrected chi connectivity index (χ1v) is 11.5. The Balaban J connectivity index is 1.40. The molecule has 0 bridgehead atoms. The van der Waals surface area contributed by atoms with Crippen molar-refractivity contribution in [1.82, 2.24) is 40.3 Å². The minimum atomic E-state index is 0.506. The maximum Gasteiger partial charge on any atom is 0.205 e. The van der Waals surface area contributed by atoms with Crippen LogP contribution < -0.4 is 0 Å². The molecule has 0 aliphatic carbocycles. The molecule has 9 heteroatoms. The molecule has 0 unspecified atom stereocenters. The summed E-state index contributed by atoms with van der Waals surface area (Å²) in [6.07, 6.45) is 4.85.